The summed E-state index contributed by atoms with van der Waals surface area (Å²) >= 11 is 0. The van der Waals surface area contributed by atoms with Crippen molar-refractivity contribution in [2.24, 2.45) is 0 Å². The molecule has 0 unspecified atom stereocenters. The molecule has 166 valence electrons. The third-order valence-corrected chi connectivity index (χ3v) is 5.75. The van der Waals surface area contributed by atoms with E-state index < -0.39 is 0 Å². The van der Waals surface area contributed by atoms with Crippen LogP contribution in [0.3, 0.4) is 0 Å². The van der Waals surface area contributed by atoms with Crippen molar-refractivity contribution in [1.82, 2.24) is 4.90 Å². The third-order valence-electron chi connectivity index (χ3n) is 5.75. The molecule has 2 aromatic rings. The number of likely N-dealkylation sites (tertiary alicyclic amines) is 1. The zero-order valence-corrected chi connectivity index (χ0v) is 18.6. The highest BCUT2D eigenvalue weighted by Gasteiger charge is 2.34. The van der Waals surface area contributed by atoms with Crippen LogP contribution in [0.5, 0.6) is 0 Å². The maximum atomic E-state index is 13.1. The van der Waals surface area contributed by atoms with Crippen molar-refractivity contribution in [2.75, 3.05) is 13.2 Å². The van der Waals surface area contributed by atoms with E-state index in [0.29, 0.717) is 32.8 Å². The summed E-state index contributed by atoms with van der Waals surface area (Å²) in [5.74, 6) is 0.208. The lowest BCUT2D eigenvalue weighted by Crippen LogP contribution is -2.53. The fraction of sp³-hybridized carbons (Fsp3) is 0.444. The average molecular weight is 422 g/mol. The first-order valence-corrected chi connectivity index (χ1v) is 11.4. The Hall–Kier alpha value is -2.43. The normalized spacial score (nSPS) is 19.1. The molecule has 0 bridgehead atoms. The topological polar surface area (TPSA) is 38.8 Å². The highest BCUT2D eigenvalue weighted by atomic mass is 16.5. The Kier molecular flexibility index (Phi) is 9.81. The van der Waals surface area contributed by atoms with Crippen molar-refractivity contribution in [3.05, 3.63) is 83.9 Å². The quantitative estimate of drug-likeness (QED) is 0.448. The monoisotopic (exact) mass is 421 g/mol. The standard InChI is InChI=1S/C27H35NO3/c1-2-3-6-18-27(29)28-25(21-30-19-23-12-7-4-8-13-23)16-11-17-26(28)22-31-20-24-14-9-5-10-15-24/h2-5,7-10,12-15,25-26H,6,11,16-22H2,1H3/b3-2+/t25-,26-/m1/s1. The first-order valence-electron chi connectivity index (χ1n) is 11.4. The number of hydrogen-bond acceptors (Lipinski definition) is 3. The molecule has 3 rings (SSSR count). The van der Waals surface area contributed by atoms with Crippen LogP contribution in [-0.2, 0) is 27.5 Å². The fourth-order valence-corrected chi connectivity index (χ4v) is 4.18. The number of nitrogens with zero attached hydrogens (tertiary/aromatic N) is 1. The number of piperidine rings is 1. The van der Waals surface area contributed by atoms with Crippen molar-refractivity contribution >= 4 is 5.91 Å². The molecule has 0 radical (unpaired) electrons. The summed E-state index contributed by atoms with van der Waals surface area (Å²) in [6.45, 7) is 4.28. The maximum absolute atomic E-state index is 13.1. The molecule has 0 N–H and O–H groups in total. The second-order valence-electron chi connectivity index (χ2n) is 8.15. The SMILES string of the molecule is C/C=C/CCC(=O)N1[C@@H](COCc2ccccc2)CCC[C@@H]1COCc1ccccc1. The molecule has 4 heteroatoms. The first-order chi connectivity index (χ1) is 15.3. The second-order valence-corrected chi connectivity index (χ2v) is 8.15. The number of ether oxygens (including phenoxy) is 2. The summed E-state index contributed by atoms with van der Waals surface area (Å²) in [5, 5.41) is 0. The highest BCUT2D eigenvalue weighted by Crippen LogP contribution is 2.25. The van der Waals surface area contributed by atoms with Gasteiger partial charge in [0, 0.05) is 6.42 Å². The molecule has 0 aromatic heterocycles. The van der Waals surface area contributed by atoms with Gasteiger partial charge >= 0.3 is 0 Å². The lowest BCUT2D eigenvalue weighted by atomic mass is 9.95. The van der Waals surface area contributed by atoms with E-state index in [0.717, 1.165) is 36.8 Å². The van der Waals surface area contributed by atoms with Crippen LogP contribution in [0.25, 0.3) is 0 Å². The summed E-state index contributed by atoms with van der Waals surface area (Å²) in [5.41, 5.74) is 2.32. The van der Waals surface area contributed by atoms with Crippen molar-refractivity contribution < 1.29 is 14.3 Å². The number of allylic oxidation sites excluding steroid dienone is 2. The number of rotatable bonds is 11. The molecular weight excluding hydrogens is 386 g/mol. The summed E-state index contributed by atoms with van der Waals surface area (Å²) in [4.78, 5) is 15.2. The molecule has 0 spiro atoms. The van der Waals surface area contributed by atoms with Crippen LogP contribution in [0.15, 0.2) is 72.8 Å². The number of carbonyl (C=O) groups is 1. The molecule has 4 nitrogen and oxygen atoms in total. The van der Waals surface area contributed by atoms with Crippen molar-refractivity contribution in [3.8, 4) is 0 Å². The smallest absolute Gasteiger partial charge is 0.223 e. The summed E-state index contributed by atoms with van der Waals surface area (Å²) in [6, 6.07) is 20.6. The molecule has 1 aliphatic heterocycles. The van der Waals surface area contributed by atoms with Gasteiger partial charge in [0.1, 0.15) is 0 Å². The molecule has 1 amide bonds. The molecule has 1 aliphatic rings. The largest absolute Gasteiger partial charge is 0.375 e. The average Bonchev–Trinajstić information content (AvgIpc) is 2.81. The summed E-state index contributed by atoms with van der Waals surface area (Å²) in [7, 11) is 0. The Morgan fingerprint density at radius 2 is 1.42 bits per heavy atom. The predicted molar refractivity (Wildman–Crippen MR) is 125 cm³/mol. The Morgan fingerprint density at radius 3 is 1.90 bits per heavy atom. The van der Waals surface area contributed by atoms with Crippen molar-refractivity contribution in [2.45, 2.75) is 64.3 Å². The van der Waals surface area contributed by atoms with Gasteiger partial charge in [-0.25, -0.2) is 0 Å². The van der Waals surface area contributed by atoms with E-state index in [2.05, 4.69) is 35.2 Å². The first kappa shape index (κ1) is 23.2. The minimum absolute atomic E-state index is 0.112. The van der Waals surface area contributed by atoms with E-state index in [-0.39, 0.29) is 18.0 Å². The van der Waals surface area contributed by atoms with E-state index in [1.165, 1.54) is 0 Å². The highest BCUT2D eigenvalue weighted by molar-refractivity contribution is 5.77. The molecule has 1 heterocycles. The number of carbonyl (C=O) groups excluding carboxylic acids is 1. The molecule has 0 saturated carbocycles. The van der Waals surface area contributed by atoms with E-state index in [4.69, 9.17) is 9.47 Å². The second kappa shape index (κ2) is 13.1. The molecular formula is C27H35NO3. The zero-order chi connectivity index (χ0) is 21.7. The predicted octanol–water partition coefficient (Wildman–Crippen LogP) is 5.53. The number of amides is 1. The molecule has 2 aromatic carbocycles. The Labute approximate surface area is 186 Å². The van der Waals surface area contributed by atoms with Crippen LogP contribution in [0.1, 0.15) is 50.2 Å². The molecule has 31 heavy (non-hydrogen) atoms. The number of hydrogen-bond donors (Lipinski definition) is 0. The molecule has 1 saturated heterocycles. The van der Waals surface area contributed by atoms with Crippen LogP contribution in [0, 0.1) is 0 Å². The summed E-state index contributed by atoms with van der Waals surface area (Å²) in [6.07, 6.45) is 8.44. The van der Waals surface area contributed by atoms with Crippen LogP contribution in [0.2, 0.25) is 0 Å². The maximum Gasteiger partial charge on any atom is 0.223 e. The van der Waals surface area contributed by atoms with E-state index >= 15 is 0 Å². The van der Waals surface area contributed by atoms with Crippen LogP contribution < -0.4 is 0 Å². The molecule has 2 atom stereocenters. The minimum atomic E-state index is 0.112. The third kappa shape index (κ3) is 7.64. The van der Waals surface area contributed by atoms with Gasteiger partial charge in [-0.15, -0.1) is 0 Å². The van der Waals surface area contributed by atoms with Crippen molar-refractivity contribution in [1.29, 1.82) is 0 Å². The Balaban J connectivity index is 1.59. The number of benzene rings is 2. The van der Waals surface area contributed by atoms with Gasteiger partial charge in [0.05, 0.1) is 38.5 Å². The van der Waals surface area contributed by atoms with Gasteiger partial charge in [-0.3, -0.25) is 4.79 Å². The van der Waals surface area contributed by atoms with E-state index in [1.807, 2.05) is 49.4 Å². The van der Waals surface area contributed by atoms with Gasteiger partial charge in [-0.2, -0.15) is 0 Å². The van der Waals surface area contributed by atoms with Gasteiger partial charge in [-0.05, 0) is 43.7 Å². The zero-order valence-electron chi connectivity index (χ0n) is 18.6. The van der Waals surface area contributed by atoms with Gasteiger partial charge in [0.15, 0.2) is 0 Å². The minimum Gasteiger partial charge on any atom is -0.375 e. The van der Waals surface area contributed by atoms with E-state index in [1.54, 1.807) is 0 Å². The van der Waals surface area contributed by atoms with Crippen molar-refractivity contribution in [3.63, 3.8) is 0 Å². The van der Waals surface area contributed by atoms with Crippen LogP contribution >= 0.6 is 0 Å². The summed E-state index contributed by atoms with van der Waals surface area (Å²) < 4.78 is 12.1. The Morgan fingerprint density at radius 1 is 0.903 bits per heavy atom. The Bertz CT molecular complexity index is 737. The lowest BCUT2D eigenvalue weighted by Gasteiger charge is -2.42. The molecule has 1 fully saturated rings. The van der Waals surface area contributed by atoms with Gasteiger partial charge in [-0.1, -0.05) is 72.8 Å². The van der Waals surface area contributed by atoms with Crippen LogP contribution in [0.4, 0.5) is 0 Å². The van der Waals surface area contributed by atoms with Gasteiger partial charge in [0.2, 0.25) is 5.91 Å². The lowest BCUT2D eigenvalue weighted by molar-refractivity contribution is -0.143. The van der Waals surface area contributed by atoms with Gasteiger partial charge in [0.25, 0.3) is 0 Å². The molecule has 0 aliphatic carbocycles. The van der Waals surface area contributed by atoms with Crippen LogP contribution in [-0.4, -0.2) is 36.1 Å². The fourth-order valence-electron chi connectivity index (χ4n) is 4.18. The van der Waals surface area contributed by atoms with Gasteiger partial charge < -0.3 is 14.4 Å². The van der Waals surface area contributed by atoms with E-state index in [9.17, 15) is 4.79 Å².